The lowest BCUT2D eigenvalue weighted by Crippen LogP contribution is -2.21. The van der Waals surface area contributed by atoms with Crippen LogP contribution in [0, 0.1) is 0 Å². The van der Waals surface area contributed by atoms with E-state index >= 15 is 0 Å². The molecule has 116 valence electrons. The summed E-state index contributed by atoms with van der Waals surface area (Å²) in [5.74, 6) is 0.746. The normalized spacial score (nSPS) is 10.1. The van der Waals surface area contributed by atoms with Crippen LogP contribution in [-0.4, -0.2) is 19.1 Å². The van der Waals surface area contributed by atoms with Crippen LogP contribution in [0.15, 0.2) is 53.0 Å². The van der Waals surface area contributed by atoms with E-state index in [1.807, 2.05) is 48.5 Å². The summed E-state index contributed by atoms with van der Waals surface area (Å²) in [7, 11) is 0. The predicted octanol–water partition coefficient (Wildman–Crippen LogP) is 4.29. The van der Waals surface area contributed by atoms with E-state index in [1.165, 1.54) is 0 Å². The molecule has 0 atom stereocenters. The Bertz CT molecular complexity index is 614. The molecule has 2 aromatic rings. The monoisotopic (exact) mass is 362 g/mol. The molecule has 0 spiro atoms. The van der Waals surface area contributed by atoms with Crippen LogP contribution in [0.1, 0.15) is 13.3 Å². The number of carbonyl (C=O) groups excluding carboxylic acids is 1. The molecular formula is C17H19BrN2O2. The van der Waals surface area contributed by atoms with Crippen molar-refractivity contribution in [2.45, 2.75) is 13.3 Å². The molecule has 1 amide bonds. The molecule has 0 aromatic heterocycles. The molecule has 4 nitrogen and oxygen atoms in total. The number of halogens is 1. The Morgan fingerprint density at radius 3 is 2.59 bits per heavy atom. The number of carbonyl (C=O) groups is 1. The molecule has 5 heteroatoms. The Hall–Kier alpha value is -2.01. The lowest BCUT2D eigenvalue weighted by molar-refractivity contribution is -0.114. The van der Waals surface area contributed by atoms with E-state index in [9.17, 15) is 4.79 Å². The smallest absolute Gasteiger partial charge is 0.243 e. The molecule has 0 saturated heterocycles. The maximum atomic E-state index is 11.9. The quantitative estimate of drug-likeness (QED) is 0.772. The lowest BCUT2D eigenvalue weighted by atomic mass is 10.3. The Labute approximate surface area is 139 Å². The highest BCUT2D eigenvalue weighted by molar-refractivity contribution is 9.10. The molecule has 0 aliphatic rings. The van der Waals surface area contributed by atoms with Crippen LogP contribution < -0.4 is 15.4 Å². The summed E-state index contributed by atoms with van der Waals surface area (Å²) in [6, 6.07) is 15.1. The highest BCUT2D eigenvalue weighted by Gasteiger charge is 2.03. The SMILES string of the molecule is CCCOc1ccc(NCC(=O)Nc2cccc(Br)c2)cc1. The van der Waals surface area contributed by atoms with Crippen LogP contribution >= 0.6 is 15.9 Å². The van der Waals surface area contributed by atoms with Crippen molar-refractivity contribution in [1.29, 1.82) is 0 Å². The first-order chi connectivity index (χ1) is 10.7. The van der Waals surface area contributed by atoms with E-state index in [2.05, 4.69) is 33.5 Å². The van der Waals surface area contributed by atoms with Crippen LogP contribution in [0.3, 0.4) is 0 Å². The molecule has 2 aromatic carbocycles. The first-order valence-corrected chi connectivity index (χ1v) is 7.99. The second-order valence-electron chi connectivity index (χ2n) is 4.78. The second-order valence-corrected chi connectivity index (χ2v) is 5.70. The van der Waals surface area contributed by atoms with E-state index < -0.39 is 0 Å². The van der Waals surface area contributed by atoms with E-state index in [1.54, 1.807) is 0 Å². The van der Waals surface area contributed by atoms with Crippen LogP contribution in [0.5, 0.6) is 5.75 Å². The van der Waals surface area contributed by atoms with Crippen molar-refractivity contribution in [1.82, 2.24) is 0 Å². The van der Waals surface area contributed by atoms with Crippen molar-refractivity contribution in [3.8, 4) is 5.75 Å². The first kappa shape index (κ1) is 16.4. The zero-order valence-electron chi connectivity index (χ0n) is 12.4. The number of anilines is 2. The molecule has 0 radical (unpaired) electrons. The third kappa shape index (κ3) is 5.41. The zero-order chi connectivity index (χ0) is 15.8. The molecule has 0 aliphatic heterocycles. The summed E-state index contributed by atoms with van der Waals surface area (Å²) in [6.45, 7) is 2.99. The van der Waals surface area contributed by atoms with Gasteiger partial charge < -0.3 is 15.4 Å². The van der Waals surface area contributed by atoms with Gasteiger partial charge in [0.2, 0.25) is 5.91 Å². The van der Waals surface area contributed by atoms with Gasteiger partial charge in [-0.3, -0.25) is 4.79 Å². The fourth-order valence-electron chi connectivity index (χ4n) is 1.84. The van der Waals surface area contributed by atoms with Crippen LogP contribution in [0.2, 0.25) is 0 Å². The maximum absolute atomic E-state index is 11.9. The fourth-order valence-corrected chi connectivity index (χ4v) is 2.24. The van der Waals surface area contributed by atoms with E-state index in [4.69, 9.17) is 4.74 Å². The van der Waals surface area contributed by atoms with Gasteiger partial charge >= 0.3 is 0 Å². The molecule has 0 fully saturated rings. The van der Waals surface area contributed by atoms with E-state index in [-0.39, 0.29) is 12.5 Å². The Kier molecular flexibility index (Phi) is 6.27. The molecular weight excluding hydrogens is 344 g/mol. The number of nitrogens with one attached hydrogen (secondary N) is 2. The third-order valence-electron chi connectivity index (χ3n) is 2.89. The zero-order valence-corrected chi connectivity index (χ0v) is 14.0. The molecule has 2 rings (SSSR count). The summed E-state index contributed by atoms with van der Waals surface area (Å²) in [4.78, 5) is 11.9. The standard InChI is InChI=1S/C17H19BrN2O2/c1-2-10-22-16-8-6-14(7-9-16)19-12-17(21)20-15-5-3-4-13(18)11-15/h3-9,11,19H,2,10,12H2,1H3,(H,20,21). The number of benzene rings is 2. The van der Waals surface area contributed by atoms with Crippen LogP contribution in [-0.2, 0) is 4.79 Å². The largest absolute Gasteiger partial charge is 0.494 e. The summed E-state index contributed by atoms with van der Waals surface area (Å²) >= 11 is 3.37. The molecule has 0 unspecified atom stereocenters. The van der Waals surface area contributed by atoms with Gasteiger partial charge in [-0.05, 0) is 48.9 Å². The van der Waals surface area contributed by atoms with Gasteiger partial charge in [0.25, 0.3) is 0 Å². The second kappa shape index (κ2) is 8.44. The number of amides is 1. The minimum Gasteiger partial charge on any atom is -0.494 e. The molecule has 0 aliphatic carbocycles. The van der Waals surface area contributed by atoms with E-state index in [0.29, 0.717) is 6.61 Å². The fraction of sp³-hybridized carbons (Fsp3) is 0.235. The van der Waals surface area contributed by atoms with E-state index in [0.717, 1.165) is 28.0 Å². The summed E-state index contributed by atoms with van der Waals surface area (Å²) in [5.41, 5.74) is 1.65. The van der Waals surface area contributed by atoms with Gasteiger partial charge in [-0.15, -0.1) is 0 Å². The van der Waals surface area contributed by atoms with Crippen molar-refractivity contribution < 1.29 is 9.53 Å². The summed E-state index contributed by atoms with van der Waals surface area (Å²) in [6.07, 6.45) is 0.982. The van der Waals surface area contributed by atoms with Gasteiger partial charge in [0.05, 0.1) is 13.2 Å². The number of rotatable bonds is 7. The van der Waals surface area contributed by atoms with Gasteiger partial charge in [-0.2, -0.15) is 0 Å². The minimum absolute atomic E-state index is 0.0931. The van der Waals surface area contributed by atoms with Crippen molar-refractivity contribution in [3.05, 3.63) is 53.0 Å². The van der Waals surface area contributed by atoms with Gasteiger partial charge in [-0.25, -0.2) is 0 Å². The number of ether oxygens (including phenoxy) is 1. The van der Waals surface area contributed by atoms with Crippen LogP contribution in [0.4, 0.5) is 11.4 Å². The average molecular weight is 363 g/mol. The third-order valence-corrected chi connectivity index (χ3v) is 3.38. The summed E-state index contributed by atoms with van der Waals surface area (Å²) in [5, 5.41) is 5.92. The summed E-state index contributed by atoms with van der Waals surface area (Å²) < 4.78 is 6.45. The van der Waals surface area contributed by atoms with Crippen molar-refractivity contribution >= 4 is 33.2 Å². The van der Waals surface area contributed by atoms with Gasteiger partial charge in [0, 0.05) is 15.8 Å². The molecule has 2 N–H and O–H groups in total. The lowest BCUT2D eigenvalue weighted by Gasteiger charge is -2.09. The van der Waals surface area contributed by atoms with Gasteiger partial charge in [-0.1, -0.05) is 28.9 Å². The number of hydrogen-bond acceptors (Lipinski definition) is 3. The van der Waals surface area contributed by atoms with Crippen LogP contribution in [0.25, 0.3) is 0 Å². The predicted molar refractivity (Wildman–Crippen MR) is 93.5 cm³/mol. The van der Waals surface area contributed by atoms with Crippen molar-refractivity contribution in [2.24, 2.45) is 0 Å². The Morgan fingerprint density at radius 2 is 1.91 bits per heavy atom. The van der Waals surface area contributed by atoms with Crippen molar-refractivity contribution in [2.75, 3.05) is 23.8 Å². The molecule has 0 heterocycles. The average Bonchev–Trinajstić information content (AvgIpc) is 2.52. The minimum atomic E-state index is -0.0931. The molecule has 0 bridgehead atoms. The molecule has 0 saturated carbocycles. The van der Waals surface area contributed by atoms with Crippen molar-refractivity contribution in [3.63, 3.8) is 0 Å². The highest BCUT2D eigenvalue weighted by atomic mass is 79.9. The highest BCUT2D eigenvalue weighted by Crippen LogP contribution is 2.17. The Balaban J connectivity index is 1.80. The first-order valence-electron chi connectivity index (χ1n) is 7.19. The topological polar surface area (TPSA) is 50.4 Å². The molecule has 22 heavy (non-hydrogen) atoms. The number of hydrogen-bond donors (Lipinski definition) is 2. The maximum Gasteiger partial charge on any atom is 0.243 e. The van der Waals surface area contributed by atoms with Gasteiger partial charge in [0.15, 0.2) is 0 Å². The Morgan fingerprint density at radius 1 is 1.14 bits per heavy atom. The van der Waals surface area contributed by atoms with Gasteiger partial charge in [0.1, 0.15) is 5.75 Å².